The van der Waals surface area contributed by atoms with Crippen LogP contribution in [0.5, 0.6) is 11.5 Å². The minimum atomic E-state index is -0.987. The predicted octanol–water partition coefficient (Wildman–Crippen LogP) is 6.38. The smallest absolute Gasteiger partial charge is 0.341 e. The number of para-hydroxylation sites is 1. The molecule has 1 N–H and O–H groups in total. The number of hydrogen-bond donors (Lipinski definition) is 1. The summed E-state index contributed by atoms with van der Waals surface area (Å²) in [5, 5.41) is 8.76. The third kappa shape index (κ3) is 6.77. The van der Waals surface area contributed by atoms with Gasteiger partial charge in [-0.25, -0.2) is 4.79 Å². The molecule has 0 heterocycles. The Kier molecular flexibility index (Phi) is 8.85. The molecule has 160 valence electrons. The SMILES string of the molecule is CCOc1ccccc1/C(=C\CSc1ccc(OCC(=O)O)cc1I)c1ccccc1. The Morgan fingerprint density at radius 2 is 1.77 bits per heavy atom. The van der Waals surface area contributed by atoms with Gasteiger partial charge in [-0.2, -0.15) is 0 Å². The van der Waals surface area contributed by atoms with E-state index in [2.05, 4.69) is 46.9 Å². The Bertz CT molecular complexity index is 1050. The number of carboxylic acid groups (broad SMARTS) is 1. The fourth-order valence-corrected chi connectivity index (χ4v) is 4.76. The van der Waals surface area contributed by atoms with Crippen molar-refractivity contribution in [3.8, 4) is 11.5 Å². The van der Waals surface area contributed by atoms with Crippen LogP contribution < -0.4 is 9.47 Å². The molecule has 0 saturated carbocycles. The van der Waals surface area contributed by atoms with Gasteiger partial charge in [0, 0.05) is 19.8 Å². The highest BCUT2D eigenvalue weighted by Crippen LogP contribution is 2.33. The van der Waals surface area contributed by atoms with Crippen LogP contribution in [-0.4, -0.2) is 30.0 Å². The third-order valence-corrected chi connectivity index (χ3v) is 6.61. The van der Waals surface area contributed by atoms with E-state index < -0.39 is 5.97 Å². The lowest BCUT2D eigenvalue weighted by molar-refractivity contribution is -0.139. The second-order valence-electron chi connectivity index (χ2n) is 6.50. The van der Waals surface area contributed by atoms with E-state index in [1.54, 1.807) is 17.8 Å². The molecule has 6 heteroatoms. The first-order chi connectivity index (χ1) is 15.1. The van der Waals surface area contributed by atoms with Crippen LogP contribution >= 0.6 is 34.4 Å². The third-order valence-electron chi connectivity index (χ3n) is 4.35. The number of carbonyl (C=O) groups is 1. The molecule has 0 spiro atoms. The van der Waals surface area contributed by atoms with Crippen LogP contribution in [0.2, 0.25) is 0 Å². The van der Waals surface area contributed by atoms with Crippen molar-refractivity contribution in [2.45, 2.75) is 11.8 Å². The van der Waals surface area contributed by atoms with Gasteiger partial charge in [0.1, 0.15) is 11.5 Å². The summed E-state index contributed by atoms with van der Waals surface area (Å²) < 4.78 is 12.2. The van der Waals surface area contributed by atoms with Crippen LogP contribution in [0.3, 0.4) is 0 Å². The second-order valence-corrected chi connectivity index (χ2v) is 8.72. The molecule has 0 aliphatic carbocycles. The number of thioether (sulfide) groups is 1. The standard InChI is InChI=1S/C25H23IO4S/c1-2-29-23-11-7-6-10-21(23)20(18-8-4-3-5-9-18)14-15-31-24-13-12-19(16-22(24)26)30-17-25(27)28/h3-14,16H,2,15,17H2,1H3,(H,27,28)/b20-14-. The molecule has 0 aliphatic heterocycles. The molecule has 0 fully saturated rings. The van der Waals surface area contributed by atoms with Crippen molar-refractivity contribution < 1.29 is 19.4 Å². The molecule has 0 atom stereocenters. The average molecular weight is 546 g/mol. The zero-order valence-electron chi connectivity index (χ0n) is 17.1. The van der Waals surface area contributed by atoms with Gasteiger partial charge in [0.15, 0.2) is 6.61 Å². The number of halogens is 1. The van der Waals surface area contributed by atoms with Gasteiger partial charge in [-0.1, -0.05) is 54.6 Å². The minimum absolute atomic E-state index is 0.342. The summed E-state index contributed by atoms with van der Waals surface area (Å²) in [6.07, 6.45) is 2.22. The van der Waals surface area contributed by atoms with Gasteiger partial charge in [0.05, 0.1) is 6.61 Å². The Labute approximate surface area is 200 Å². The lowest BCUT2D eigenvalue weighted by Crippen LogP contribution is -2.09. The molecule has 0 aliphatic rings. The van der Waals surface area contributed by atoms with Crippen molar-refractivity contribution in [3.63, 3.8) is 0 Å². The number of benzene rings is 3. The largest absolute Gasteiger partial charge is 0.493 e. The summed E-state index contributed by atoms with van der Waals surface area (Å²) in [5.74, 6) is 1.22. The molecule has 0 aromatic heterocycles. The van der Waals surface area contributed by atoms with Crippen molar-refractivity contribution in [1.82, 2.24) is 0 Å². The fraction of sp³-hybridized carbons (Fsp3) is 0.160. The topological polar surface area (TPSA) is 55.8 Å². The van der Waals surface area contributed by atoms with Gasteiger partial charge in [-0.15, -0.1) is 11.8 Å². The Balaban J connectivity index is 1.82. The molecular weight excluding hydrogens is 523 g/mol. The number of carboxylic acids is 1. The molecule has 0 saturated heterocycles. The molecule has 0 bridgehead atoms. The number of aliphatic carboxylic acids is 1. The summed E-state index contributed by atoms with van der Waals surface area (Å²) in [4.78, 5) is 11.8. The lowest BCUT2D eigenvalue weighted by Gasteiger charge is -2.14. The Morgan fingerprint density at radius 1 is 1.03 bits per heavy atom. The Morgan fingerprint density at radius 3 is 2.48 bits per heavy atom. The molecule has 3 rings (SSSR count). The van der Waals surface area contributed by atoms with Crippen LogP contribution in [-0.2, 0) is 4.79 Å². The molecule has 3 aromatic rings. The first kappa shape index (κ1) is 23.2. The monoisotopic (exact) mass is 546 g/mol. The van der Waals surface area contributed by atoms with E-state index in [0.29, 0.717) is 12.4 Å². The van der Waals surface area contributed by atoms with Crippen LogP contribution in [0.1, 0.15) is 18.1 Å². The van der Waals surface area contributed by atoms with Crippen LogP contribution in [0.25, 0.3) is 5.57 Å². The highest BCUT2D eigenvalue weighted by atomic mass is 127. The van der Waals surface area contributed by atoms with E-state index in [9.17, 15) is 4.79 Å². The zero-order chi connectivity index (χ0) is 22.1. The average Bonchev–Trinajstić information content (AvgIpc) is 2.78. The maximum atomic E-state index is 10.7. The van der Waals surface area contributed by atoms with Gasteiger partial charge >= 0.3 is 5.97 Å². The van der Waals surface area contributed by atoms with E-state index in [1.807, 2.05) is 55.5 Å². The molecule has 3 aromatic carbocycles. The van der Waals surface area contributed by atoms with E-state index in [0.717, 1.165) is 36.7 Å². The van der Waals surface area contributed by atoms with Gasteiger partial charge in [-0.3, -0.25) is 0 Å². The normalized spacial score (nSPS) is 11.2. The Hall–Kier alpha value is -2.45. The molecule has 31 heavy (non-hydrogen) atoms. The minimum Gasteiger partial charge on any atom is -0.493 e. The quantitative estimate of drug-likeness (QED) is 0.236. The van der Waals surface area contributed by atoms with E-state index in [1.165, 1.54) is 0 Å². The van der Waals surface area contributed by atoms with Crippen molar-refractivity contribution in [2.24, 2.45) is 0 Å². The molecule has 0 unspecified atom stereocenters. The number of rotatable bonds is 10. The van der Waals surface area contributed by atoms with Gasteiger partial charge < -0.3 is 14.6 Å². The summed E-state index contributed by atoms with van der Waals surface area (Å²) in [6.45, 7) is 2.26. The number of hydrogen-bond acceptors (Lipinski definition) is 4. The summed E-state index contributed by atoms with van der Waals surface area (Å²) in [6, 6.07) is 24.1. The first-order valence-corrected chi connectivity index (χ1v) is 11.9. The van der Waals surface area contributed by atoms with Crippen molar-refractivity contribution >= 4 is 45.9 Å². The molecule has 0 amide bonds. The van der Waals surface area contributed by atoms with Gasteiger partial charge in [-0.05, 0) is 64.9 Å². The van der Waals surface area contributed by atoms with Gasteiger partial charge in [0.25, 0.3) is 0 Å². The molecular formula is C25H23IO4S. The first-order valence-electron chi connectivity index (χ1n) is 9.83. The summed E-state index contributed by atoms with van der Waals surface area (Å²) in [7, 11) is 0. The maximum Gasteiger partial charge on any atom is 0.341 e. The highest BCUT2D eigenvalue weighted by Gasteiger charge is 2.11. The predicted molar refractivity (Wildman–Crippen MR) is 134 cm³/mol. The van der Waals surface area contributed by atoms with Crippen molar-refractivity contribution in [2.75, 3.05) is 19.0 Å². The molecule has 4 nitrogen and oxygen atoms in total. The molecule has 0 radical (unpaired) electrons. The fourth-order valence-electron chi connectivity index (χ4n) is 3.02. The zero-order valence-corrected chi connectivity index (χ0v) is 20.1. The lowest BCUT2D eigenvalue weighted by atomic mass is 9.97. The second kappa shape index (κ2) is 11.8. The van der Waals surface area contributed by atoms with E-state index in [4.69, 9.17) is 14.6 Å². The summed E-state index contributed by atoms with van der Waals surface area (Å²) >= 11 is 3.97. The maximum absolute atomic E-state index is 10.7. The van der Waals surface area contributed by atoms with Gasteiger partial charge in [0.2, 0.25) is 0 Å². The van der Waals surface area contributed by atoms with E-state index in [-0.39, 0.29) is 6.61 Å². The van der Waals surface area contributed by atoms with Crippen LogP contribution in [0.15, 0.2) is 83.8 Å². The van der Waals surface area contributed by atoms with Crippen molar-refractivity contribution in [1.29, 1.82) is 0 Å². The van der Waals surface area contributed by atoms with Crippen LogP contribution in [0, 0.1) is 3.57 Å². The number of ether oxygens (including phenoxy) is 2. The summed E-state index contributed by atoms with van der Waals surface area (Å²) in [5.41, 5.74) is 3.35. The van der Waals surface area contributed by atoms with Crippen LogP contribution in [0.4, 0.5) is 0 Å². The highest BCUT2D eigenvalue weighted by molar-refractivity contribution is 14.1. The van der Waals surface area contributed by atoms with E-state index >= 15 is 0 Å². The van der Waals surface area contributed by atoms with Crippen molar-refractivity contribution in [3.05, 3.63) is 93.6 Å².